The molecule has 4 rings (SSSR count). The molecule has 0 aliphatic rings. The lowest BCUT2D eigenvalue weighted by molar-refractivity contribution is 0.445. The van der Waals surface area contributed by atoms with Gasteiger partial charge < -0.3 is 5.32 Å². The average molecular weight is 400 g/mol. The smallest absolute Gasteiger partial charge is 0.0409 e. The largest absolute Gasteiger partial charge is 0.303 e. The number of hydrogen-bond acceptors (Lipinski definition) is 1. The quantitative estimate of drug-likeness (QED) is 0.339. The lowest BCUT2D eigenvalue weighted by Crippen LogP contribution is -2.25. The molecule has 29 heavy (non-hydrogen) atoms. The lowest BCUT2D eigenvalue weighted by Gasteiger charge is -2.25. The van der Waals surface area contributed by atoms with E-state index in [4.69, 9.17) is 11.6 Å². The van der Waals surface area contributed by atoms with Crippen LogP contribution in [0, 0.1) is 0 Å². The van der Waals surface area contributed by atoms with Crippen LogP contribution in [0.25, 0.3) is 10.8 Å². The molecule has 0 bridgehead atoms. The van der Waals surface area contributed by atoms with Gasteiger partial charge >= 0.3 is 0 Å². The fourth-order valence-corrected chi connectivity index (χ4v) is 4.24. The molecule has 0 aliphatic heterocycles. The topological polar surface area (TPSA) is 12.0 Å². The van der Waals surface area contributed by atoms with E-state index in [9.17, 15) is 0 Å². The van der Waals surface area contributed by atoms with Gasteiger partial charge in [-0.2, -0.15) is 0 Å². The van der Waals surface area contributed by atoms with Gasteiger partial charge in [-0.1, -0.05) is 96.5 Å². The van der Waals surface area contributed by atoms with Gasteiger partial charge in [0, 0.05) is 17.1 Å². The summed E-state index contributed by atoms with van der Waals surface area (Å²) in [7, 11) is 0. The van der Waals surface area contributed by atoms with Crippen LogP contribution >= 0.6 is 11.6 Å². The van der Waals surface area contributed by atoms with Crippen LogP contribution in [0.2, 0.25) is 5.02 Å². The van der Waals surface area contributed by atoms with Crippen molar-refractivity contribution in [2.24, 2.45) is 0 Å². The van der Waals surface area contributed by atoms with Crippen LogP contribution in [0.4, 0.5) is 0 Å². The van der Waals surface area contributed by atoms with E-state index in [2.05, 4.69) is 97.2 Å². The van der Waals surface area contributed by atoms with Gasteiger partial charge in [0.05, 0.1) is 0 Å². The van der Waals surface area contributed by atoms with Gasteiger partial charge in [0.15, 0.2) is 0 Å². The van der Waals surface area contributed by atoms with Crippen molar-refractivity contribution in [1.29, 1.82) is 0 Å². The van der Waals surface area contributed by atoms with Crippen LogP contribution in [0.15, 0.2) is 97.1 Å². The maximum Gasteiger partial charge on any atom is 0.0409 e. The van der Waals surface area contributed by atoms with Crippen molar-refractivity contribution in [3.05, 3.63) is 119 Å². The van der Waals surface area contributed by atoms with Gasteiger partial charge in [-0.05, 0) is 59.4 Å². The van der Waals surface area contributed by atoms with Crippen molar-refractivity contribution in [3.63, 3.8) is 0 Å². The first-order valence-corrected chi connectivity index (χ1v) is 10.6. The number of halogens is 1. The van der Waals surface area contributed by atoms with E-state index in [0.717, 1.165) is 17.9 Å². The lowest BCUT2D eigenvalue weighted by atomic mass is 9.95. The van der Waals surface area contributed by atoms with E-state index in [-0.39, 0.29) is 12.1 Å². The molecule has 0 amide bonds. The third-order valence-electron chi connectivity index (χ3n) is 5.56. The van der Waals surface area contributed by atoms with Crippen molar-refractivity contribution in [2.45, 2.75) is 31.8 Å². The highest BCUT2D eigenvalue weighted by Crippen LogP contribution is 2.29. The Labute approximate surface area is 178 Å². The normalized spacial score (nSPS) is 13.3. The zero-order valence-corrected chi connectivity index (χ0v) is 17.4. The minimum Gasteiger partial charge on any atom is -0.303 e. The second kappa shape index (κ2) is 9.26. The molecule has 1 N–H and O–H groups in total. The summed E-state index contributed by atoms with van der Waals surface area (Å²) in [6.45, 7) is 2.25. The van der Waals surface area contributed by atoms with Gasteiger partial charge in [0.1, 0.15) is 0 Å². The first-order valence-electron chi connectivity index (χ1n) is 10.2. The molecule has 0 radical (unpaired) electrons. The molecule has 4 aromatic carbocycles. The van der Waals surface area contributed by atoms with E-state index in [1.165, 1.54) is 27.5 Å². The molecular weight excluding hydrogens is 374 g/mol. The third-order valence-corrected chi connectivity index (χ3v) is 5.79. The predicted molar refractivity (Wildman–Crippen MR) is 124 cm³/mol. The van der Waals surface area contributed by atoms with Crippen LogP contribution in [-0.2, 0) is 6.42 Å². The Morgan fingerprint density at radius 3 is 2.34 bits per heavy atom. The summed E-state index contributed by atoms with van der Waals surface area (Å²) in [6.07, 6.45) is 2.03. The van der Waals surface area contributed by atoms with Crippen LogP contribution in [0.3, 0.4) is 0 Å². The standard InChI is InChI=1S/C27H26ClN/c1-20(25-16-8-12-22-11-5-6-15-26(22)25)29-27(23-13-7-14-24(28)19-23)18-17-21-9-3-2-4-10-21/h2-16,19-20,27,29H,17-18H2,1H3. The summed E-state index contributed by atoms with van der Waals surface area (Å²) >= 11 is 6.31. The van der Waals surface area contributed by atoms with Crippen molar-refractivity contribution >= 4 is 22.4 Å². The summed E-state index contributed by atoms with van der Waals surface area (Å²) < 4.78 is 0. The Hall–Kier alpha value is -2.61. The van der Waals surface area contributed by atoms with Crippen LogP contribution in [0.1, 0.15) is 42.1 Å². The number of benzene rings is 4. The van der Waals surface area contributed by atoms with Gasteiger partial charge in [-0.25, -0.2) is 0 Å². The maximum atomic E-state index is 6.31. The molecule has 0 saturated carbocycles. The molecule has 0 saturated heterocycles. The zero-order valence-electron chi connectivity index (χ0n) is 16.7. The minimum atomic E-state index is 0.223. The van der Waals surface area contributed by atoms with Crippen molar-refractivity contribution < 1.29 is 0 Å². The number of rotatable bonds is 7. The average Bonchev–Trinajstić information content (AvgIpc) is 2.76. The Morgan fingerprint density at radius 1 is 0.793 bits per heavy atom. The fourth-order valence-electron chi connectivity index (χ4n) is 4.04. The van der Waals surface area contributed by atoms with Crippen LogP contribution < -0.4 is 5.32 Å². The maximum absolute atomic E-state index is 6.31. The van der Waals surface area contributed by atoms with Crippen molar-refractivity contribution in [1.82, 2.24) is 5.32 Å². The summed E-state index contributed by atoms with van der Waals surface area (Å²) in [5.41, 5.74) is 3.93. The predicted octanol–water partition coefficient (Wildman–Crippen LogP) is 7.52. The molecule has 0 aliphatic carbocycles. The van der Waals surface area contributed by atoms with Crippen LogP contribution in [-0.4, -0.2) is 0 Å². The molecule has 1 nitrogen and oxygen atoms in total. The Kier molecular flexibility index (Phi) is 6.29. The molecule has 146 valence electrons. The van der Waals surface area contributed by atoms with E-state index in [1.807, 2.05) is 12.1 Å². The highest BCUT2D eigenvalue weighted by Gasteiger charge is 2.17. The van der Waals surface area contributed by atoms with Crippen LogP contribution in [0.5, 0.6) is 0 Å². The van der Waals surface area contributed by atoms with E-state index in [0.29, 0.717) is 0 Å². The monoisotopic (exact) mass is 399 g/mol. The Balaban J connectivity index is 1.60. The summed E-state index contributed by atoms with van der Waals surface area (Å²) in [5, 5.41) is 7.25. The van der Waals surface area contributed by atoms with E-state index in [1.54, 1.807) is 0 Å². The minimum absolute atomic E-state index is 0.223. The molecule has 2 atom stereocenters. The zero-order chi connectivity index (χ0) is 20.1. The van der Waals surface area contributed by atoms with Gasteiger partial charge in [0.2, 0.25) is 0 Å². The molecule has 0 fully saturated rings. The number of fused-ring (bicyclic) bond motifs is 1. The second-order valence-electron chi connectivity index (χ2n) is 7.59. The molecule has 2 heteroatoms. The first kappa shape index (κ1) is 19.7. The Morgan fingerprint density at radius 2 is 1.52 bits per heavy atom. The highest BCUT2D eigenvalue weighted by molar-refractivity contribution is 6.30. The molecule has 0 aromatic heterocycles. The SMILES string of the molecule is CC(NC(CCc1ccccc1)c1cccc(Cl)c1)c1cccc2ccccc12. The second-order valence-corrected chi connectivity index (χ2v) is 8.03. The molecular formula is C27H26ClN. The van der Waals surface area contributed by atoms with Crippen molar-refractivity contribution in [3.8, 4) is 0 Å². The van der Waals surface area contributed by atoms with Gasteiger partial charge in [0.25, 0.3) is 0 Å². The summed E-state index contributed by atoms with van der Waals surface area (Å²) in [5.74, 6) is 0. The first-order chi connectivity index (χ1) is 14.2. The Bertz CT molecular complexity index is 1070. The van der Waals surface area contributed by atoms with Crippen molar-refractivity contribution in [2.75, 3.05) is 0 Å². The van der Waals surface area contributed by atoms with E-state index < -0.39 is 0 Å². The fraction of sp³-hybridized carbons (Fsp3) is 0.185. The molecule has 4 aromatic rings. The molecule has 2 unspecified atom stereocenters. The third kappa shape index (κ3) is 4.87. The van der Waals surface area contributed by atoms with Gasteiger partial charge in [-0.15, -0.1) is 0 Å². The number of nitrogens with one attached hydrogen (secondary N) is 1. The summed E-state index contributed by atoms with van der Waals surface area (Å²) in [6, 6.07) is 34.5. The highest BCUT2D eigenvalue weighted by atomic mass is 35.5. The molecule has 0 spiro atoms. The van der Waals surface area contributed by atoms with E-state index >= 15 is 0 Å². The van der Waals surface area contributed by atoms with Gasteiger partial charge in [-0.3, -0.25) is 0 Å². The molecule has 0 heterocycles. The number of hydrogen-bond donors (Lipinski definition) is 1. The summed E-state index contributed by atoms with van der Waals surface area (Å²) in [4.78, 5) is 0. The number of aryl methyl sites for hydroxylation is 1.